The minimum atomic E-state index is -0.719. The number of carbonyl (C=O) groups is 3. The van der Waals surface area contributed by atoms with Gasteiger partial charge in [0.15, 0.2) is 0 Å². The topological polar surface area (TPSA) is 78.5 Å². The van der Waals surface area contributed by atoms with Gasteiger partial charge in [-0.2, -0.15) is 0 Å². The van der Waals surface area contributed by atoms with Crippen molar-refractivity contribution in [2.24, 2.45) is 0 Å². The summed E-state index contributed by atoms with van der Waals surface area (Å²) in [6, 6.07) is 21.1. The number of hydrogen-bond donors (Lipinski definition) is 2. The quantitative estimate of drug-likeness (QED) is 0.603. The second-order valence-corrected chi connectivity index (χ2v) is 8.46. The highest BCUT2D eigenvalue weighted by Gasteiger charge is 2.26. The highest BCUT2D eigenvalue weighted by molar-refractivity contribution is 7.99. The Labute approximate surface area is 191 Å². The van der Waals surface area contributed by atoms with Gasteiger partial charge >= 0.3 is 0 Å². The fraction of sp³-hybridized carbons (Fsp3) is 0.160. The zero-order chi connectivity index (χ0) is 22.7. The standard InChI is InChI=1S/C25H23N3O3S/c1-3-28-20-14-13-18(15-22(20)32-21-12-8-7-11-19(21)25(28)31)27-23(29)16(2)26-24(30)17-9-5-4-6-10-17/h4-16H,3H2,1-2H3,(H,26,30)(H,27,29)/t16-/m1/s1. The van der Waals surface area contributed by atoms with E-state index in [1.807, 2.05) is 49.4 Å². The lowest BCUT2D eigenvalue weighted by Gasteiger charge is -2.22. The van der Waals surface area contributed by atoms with Crippen molar-refractivity contribution in [3.8, 4) is 0 Å². The van der Waals surface area contributed by atoms with Gasteiger partial charge in [-0.05, 0) is 56.3 Å². The van der Waals surface area contributed by atoms with Gasteiger partial charge in [0.05, 0.1) is 11.3 Å². The molecule has 1 atom stereocenters. The minimum absolute atomic E-state index is 0.0385. The van der Waals surface area contributed by atoms with Gasteiger partial charge in [-0.25, -0.2) is 0 Å². The zero-order valence-electron chi connectivity index (χ0n) is 17.8. The van der Waals surface area contributed by atoms with Crippen LogP contribution in [0.4, 0.5) is 11.4 Å². The van der Waals surface area contributed by atoms with E-state index in [1.165, 1.54) is 11.8 Å². The summed E-state index contributed by atoms with van der Waals surface area (Å²) in [5.74, 6) is -0.667. The number of nitrogens with one attached hydrogen (secondary N) is 2. The number of amides is 3. The molecular formula is C25H23N3O3S. The van der Waals surface area contributed by atoms with Crippen LogP contribution < -0.4 is 15.5 Å². The molecule has 1 aliphatic heterocycles. The largest absolute Gasteiger partial charge is 0.341 e. The maximum Gasteiger partial charge on any atom is 0.259 e. The smallest absolute Gasteiger partial charge is 0.259 e. The number of nitrogens with zero attached hydrogens (tertiary/aromatic N) is 1. The van der Waals surface area contributed by atoms with Crippen LogP contribution >= 0.6 is 11.8 Å². The molecule has 0 fully saturated rings. The monoisotopic (exact) mass is 445 g/mol. The predicted octanol–water partition coefficient (Wildman–Crippen LogP) is 4.57. The first-order valence-electron chi connectivity index (χ1n) is 10.4. The molecule has 7 heteroatoms. The van der Waals surface area contributed by atoms with Crippen LogP contribution in [0.2, 0.25) is 0 Å². The first-order valence-corrected chi connectivity index (χ1v) is 11.2. The van der Waals surface area contributed by atoms with E-state index in [0.29, 0.717) is 23.4 Å². The molecule has 3 amide bonds. The third-order valence-electron chi connectivity index (χ3n) is 5.19. The summed E-state index contributed by atoms with van der Waals surface area (Å²) in [6.45, 7) is 4.12. The number of carbonyl (C=O) groups excluding carboxylic acids is 3. The zero-order valence-corrected chi connectivity index (χ0v) is 18.6. The molecule has 6 nitrogen and oxygen atoms in total. The van der Waals surface area contributed by atoms with Crippen LogP contribution in [0.25, 0.3) is 0 Å². The number of rotatable bonds is 5. The Morgan fingerprint density at radius 1 is 0.969 bits per heavy atom. The van der Waals surface area contributed by atoms with Crippen molar-refractivity contribution in [3.63, 3.8) is 0 Å². The summed E-state index contributed by atoms with van der Waals surface area (Å²) in [7, 11) is 0. The van der Waals surface area contributed by atoms with Gasteiger partial charge in [0.2, 0.25) is 5.91 Å². The van der Waals surface area contributed by atoms with Gasteiger partial charge in [-0.1, -0.05) is 42.1 Å². The van der Waals surface area contributed by atoms with Crippen molar-refractivity contribution in [2.75, 3.05) is 16.8 Å². The van der Waals surface area contributed by atoms with E-state index in [2.05, 4.69) is 10.6 Å². The number of fused-ring (bicyclic) bond motifs is 2. The SMILES string of the molecule is CCN1C(=O)c2ccccc2Sc2cc(NC(=O)[C@@H](C)NC(=O)c3ccccc3)ccc21. The van der Waals surface area contributed by atoms with Crippen LogP contribution in [0.1, 0.15) is 34.6 Å². The number of benzene rings is 3. The molecule has 3 aromatic rings. The van der Waals surface area contributed by atoms with Crippen LogP contribution in [-0.4, -0.2) is 30.3 Å². The third kappa shape index (κ3) is 4.38. The second kappa shape index (κ2) is 9.28. The fourth-order valence-corrected chi connectivity index (χ4v) is 4.62. The average molecular weight is 446 g/mol. The Balaban J connectivity index is 1.53. The van der Waals surface area contributed by atoms with Crippen molar-refractivity contribution < 1.29 is 14.4 Å². The van der Waals surface area contributed by atoms with Crippen LogP contribution in [0.15, 0.2) is 82.6 Å². The molecule has 0 aromatic heterocycles. The van der Waals surface area contributed by atoms with Crippen molar-refractivity contribution in [3.05, 3.63) is 83.9 Å². The van der Waals surface area contributed by atoms with E-state index in [1.54, 1.807) is 42.2 Å². The second-order valence-electron chi connectivity index (χ2n) is 7.38. The van der Waals surface area contributed by atoms with E-state index in [4.69, 9.17) is 0 Å². The van der Waals surface area contributed by atoms with E-state index >= 15 is 0 Å². The molecule has 0 aliphatic carbocycles. The van der Waals surface area contributed by atoms with Crippen molar-refractivity contribution in [1.29, 1.82) is 0 Å². The summed E-state index contributed by atoms with van der Waals surface area (Å²) in [4.78, 5) is 41.5. The molecule has 0 saturated carbocycles. The first-order chi connectivity index (χ1) is 15.5. The normalized spacial score (nSPS) is 13.4. The van der Waals surface area contributed by atoms with E-state index in [0.717, 1.165) is 15.5 Å². The average Bonchev–Trinajstić information content (AvgIpc) is 2.92. The summed E-state index contributed by atoms with van der Waals surface area (Å²) in [5, 5.41) is 5.58. The molecule has 162 valence electrons. The summed E-state index contributed by atoms with van der Waals surface area (Å²) >= 11 is 1.50. The Morgan fingerprint density at radius 3 is 2.44 bits per heavy atom. The molecule has 0 bridgehead atoms. The van der Waals surface area contributed by atoms with E-state index < -0.39 is 6.04 Å². The number of hydrogen-bond acceptors (Lipinski definition) is 4. The summed E-state index contributed by atoms with van der Waals surface area (Å²) in [6.07, 6.45) is 0. The lowest BCUT2D eigenvalue weighted by molar-refractivity contribution is -0.117. The van der Waals surface area contributed by atoms with E-state index in [-0.39, 0.29) is 17.7 Å². The highest BCUT2D eigenvalue weighted by Crippen LogP contribution is 2.42. The first kappa shape index (κ1) is 21.6. The summed E-state index contributed by atoms with van der Waals surface area (Å²) in [5.41, 5.74) is 2.57. The van der Waals surface area contributed by atoms with E-state index in [9.17, 15) is 14.4 Å². The lowest BCUT2D eigenvalue weighted by atomic mass is 10.1. The maximum absolute atomic E-state index is 13.0. The lowest BCUT2D eigenvalue weighted by Crippen LogP contribution is -2.41. The van der Waals surface area contributed by atoms with Crippen molar-refractivity contribution >= 4 is 40.9 Å². The van der Waals surface area contributed by atoms with Gasteiger partial charge < -0.3 is 15.5 Å². The fourth-order valence-electron chi connectivity index (χ4n) is 3.50. The van der Waals surface area contributed by atoms with Crippen LogP contribution in [0, 0.1) is 0 Å². The molecule has 4 rings (SSSR count). The predicted molar refractivity (Wildman–Crippen MR) is 126 cm³/mol. The maximum atomic E-state index is 13.0. The van der Waals surface area contributed by atoms with Gasteiger partial charge in [0.25, 0.3) is 11.8 Å². The highest BCUT2D eigenvalue weighted by atomic mass is 32.2. The Bertz CT molecular complexity index is 1180. The Kier molecular flexibility index (Phi) is 6.28. The van der Waals surface area contributed by atoms with Gasteiger partial charge in [-0.3, -0.25) is 14.4 Å². The van der Waals surface area contributed by atoms with Crippen LogP contribution in [-0.2, 0) is 4.79 Å². The molecule has 0 unspecified atom stereocenters. The molecule has 0 spiro atoms. The Hall–Kier alpha value is -3.58. The minimum Gasteiger partial charge on any atom is -0.341 e. The van der Waals surface area contributed by atoms with Gasteiger partial charge in [-0.15, -0.1) is 0 Å². The third-order valence-corrected chi connectivity index (χ3v) is 6.32. The van der Waals surface area contributed by atoms with Crippen LogP contribution in [0.3, 0.4) is 0 Å². The van der Waals surface area contributed by atoms with Gasteiger partial charge in [0.1, 0.15) is 6.04 Å². The van der Waals surface area contributed by atoms with Crippen molar-refractivity contribution in [2.45, 2.75) is 29.7 Å². The Morgan fingerprint density at radius 2 is 1.69 bits per heavy atom. The van der Waals surface area contributed by atoms with Crippen LogP contribution in [0.5, 0.6) is 0 Å². The molecular weight excluding hydrogens is 422 g/mol. The molecule has 2 N–H and O–H groups in total. The molecule has 1 aliphatic rings. The molecule has 1 heterocycles. The van der Waals surface area contributed by atoms with Gasteiger partial charge in [0, 0.05) is 27.6 Å². The molecule has 0 saturated heterocycles. The number of anilines is 2. The summed E-state index contributed by atoms with van der Waals surface area (Å²) < 4.78 is 0. The van der Waals surface area contributed by atoms with Crippen molar-refractivity contribution in [1.82, 2.24) is 5.32 Å². The molecule has 32 heavy (non-hydrogen) atoms. The molecule has 3 aromatic carbocycles. The molecule has 0 radical (unpaired) electrons.